The first-order valence-electron chi connectivity index (χ1n) is 14.2. The van der Waals surface area contributed by atoms with Gasteiger partial charge in [0.2, 0.25) is 0 Å². The van der Waals surface area contributed by atoms with Crippen LogP contribution >= 0.6 is 11.3 Å². The molecule has 2 nitrogen and oxygen atoms in total. The number of fused-ring (bicyclic) bond motifs is 9. The van der Waals surface area contributed by atoms with Crippen molar-refractivity contribution in [1.82, 2.24) is 9.38 Å². The molecule has 3 aromatic heterocycles. The highest BCUT2D eigenvalue weighted by Gasteiger charge is 2.15. The normalized spacial score (nSPS) is 11.8. The minimum absolute atomic E-state index is 0.989. The summed E-state index contributed by atoms with van der Waals surface area (Å²) in [7, 11) is 0. The SMILES string of the molecule is c1cc(-c2cccc(-c3cnc4c5ccccc5c5ccccc5n34)c2)cc(-c2cccc3c2sc2ccccc23)c1. The Kier molecular flexibility index (Phi) is 5.10. The van der Waals surface area contributed by atoms with Crippen LogP contribution in [-0.2, 0) is 0 Å². The van der Waals surface area contributed by atoms with Crippen LogP contribution in [0.2, 0.25) is 0 Å². The molecule has 196 valence electrons. The predicted molar refractivity (Wildman–Crippen MR) is 179 cm³/mol. The number of hydrogen-bond donors (Lipinski definition) is 0. The molecule has 9 aromatic rings. The number of pyridine rings is 1. The fourth-order valence-corrected chi connectivity index (χ4v) is 7.74. The second kappa shape index (κ2) is 9.13. The molecule has 9 rings (SSSR count). The summed E-state index contributed by atoms with van der Waals surface area (Å²) in [4.78, 5) is 4.94. The van der Waals surface area contributed by atoms with Gasteiger partial charge in [-0.05, 0) is 51.9 Å². The average Bonchev–Trinajstić information content (AvgIpc) is 3.68. The smallest absolute Gasteiger partial charge is 0.145 e. The maximum Gasteiger partial charge on any atom is 0.145 e. The maximum atomic E-state index is 4.94. The van der Waals surface area contributed by atoms with Crippen LogP contribution in [0.5, 0.6) is 0 Å². The molecule has 0 spiro atoms. The number of nitrogens with zero attached hydrogens (tertiary/aromatic N) is 2. The number of benzene rings is 6. The monoisotopic (exact) mass is 552 g/mol. The lowest BCUT2D eigenvalue weighted by molar-refractivity contribution is 1.27. The third kappa shape index (κ3) is 3.47. The van der Waals surface area contributed by atoms with Gasteiger partial charge in [-0.2, -0.15) is 0 Å². The Balaban J connectivity index is 1.20. The minimum atomic E-state index is 0.989. The van der Waals surface area contributed by atoms with Crippen molar-refractivity contribution in [2.24, 2.45) is 0 Å². The molecule has 42 heavy (non-hydrogen) atoms. The van der Waals surface area contributed by atoms with Gasteiger partial charge < -0.3 is 0 Å². The van der Waals surface area contributed by atoms with E-state index < -0.39 is 0 Å². The second-order valence-electron chi connectivity index (χ2n) is 10.8. The van der Waals surface area contributed by atoms with Gasteiger partial charge in [-0.15, -0.1) is 11.3 Å². The third-order valence-electron chi connectivity index (χ3n) is 8.43. The summed E-state index contributed by atoms with van der Waals surface area (Å²) in [5.74, 6) is 0. The molecule has 3 heteroatoms. The van der Waals surface area contributed by atoms with Gasteiger partial charge in [0.1, 0.15) is 5.65 Å². The molecule has 0 fully saturated rings. The van der Waals surface area contributed by atoms with Crippen molar-refractivity contribution >= 4 is 58.8 Å². The summed E-state index contributed by atoms with van der Waals surface area (Å²) in [5, 5.41) is 6.29. The zero-order chi connectivity index (χ0) is 27.6. The van der Waals surface area contributed by atoms with E-state index in [0.717, 1.165) is 16.9 Å². The molecule has 0 amide bonds. The largest absolute Gasteiger partial charge is 0.292 e. The summed E-state index contributed by atoms with van der Waals surface area (Å²) < 4.78 is 4.99. The average molecular weight is 553 g/mol. The van der Waals surface area contributed by atoms with Crippen molar-refractivity contribution in [3.63, 3.8) is 0 Å². The van der Waals surface area contributed by atoms with E-state index in [2.05, 4.69) is 144 Å². The minimum Gasteiger partial charge on any atom is -0.292 e. The summed E-state index contributed by atoms with van der Waals surface area (Å²) in [6, 6.07) is 50.4. The molecular weight excluding hydrogens is 529 g/mol. The third-order valence-corrected chi connectivity index (χ3v) is 9.65. The Morgan fingerprint density at radius 1 is 0.476 bits per heavy atom. The first-order valence-corrected chi connectivity index (χ1v) is 15.0. The molecule has 0 radical (unpaired) electrons. The van der Waals surface area contributed by atoms with Crippen molar-refractivity contribution in [2.45, 2.75) is 0 Å². The van der Waals surface area contributed by atoms with E-state index in [4.69, 9.17) is 4.98 Å². The number of imidazole rings is 1. The lowest BCUT2D eigenvalue weighted by Gasteiger charge is -2.12. The van der Waals surface area contributed by atoms with Gasteiger partial charge in [-0.3, -0.25) is 4.40 Å². The first kappa shape index (κ1) is 23.5. The molecule has 0 bridgehead atoms. The summed E-state index contributed by atoms with van der Waals surface area (Å²) in [6.45, 7) is 0. The molecule has 0 aliphatic rings. The van der Waals surface area contributed by atoms with Gasteiger partial charge in [0.25, 0.3) is 0 Å². The molecular formula is C39H24N2S. The van der Waals surface area contributed by atoms with Gasteiger partial charge in [0, 0.05) is 36.5 Å². The van der Waals surface area contributed by atoms with Crippen molar-refractivity contribution < 1.29 is 0 Å². The number of rotatable bonds is 3. The van der Waals surface area contributed by atoms with Crippen molar-refractivity contribution in [1.29, 1.82) is 0 Å². The zero-order valence-electron chi connectivity index (χ0n) is 22.7. The topological polar surface area (TPSA) is 17.3 Å². The van der Waals surface area contributed by atoms with Gasteiger partial charge in [0.15, 0.2) is 0 Å². The van der Waals surface area contributed by atoms with Crippen LogP contribution in [0.25, 0.3) is 81.0 Å². The predicted octanol–water partition coefficient (Wildman–Crippen LogP) is 11.0. The Hall–Kier alpha value is -5.25. The van der Waals surface area contributed by atoms with Crippen molar-refractivity contribution in [3.8, 4) is 33.5 Å². The van der Waals surface area contributed by atoms with Gasteiger partial charge >= 0.3 is 0 Å². The Morgan fingerprint density at radius 2 is 1.10 bits per heavy atom. The van der Waals surface area contributed by atoms with Crippen molar-refractivity contribution in [2.75, 3.05) is 0 Å². The summed E-state index contributed by atoms with van der Waals surface area (Å²) >= 11 is 1.88. The molecule has 0 saturated heterocycles. The Morgan fingerprint density at radius 3 is 1.95 bits per heavy atom. The molecule has 0 aliphatic carbocycles. The first-order chi connectivity index (χ1) is 20.8. The van der Waals surface area contributed by atoms with E-state index in [1.165, 1.54) is 64.1 Å². The van der Waals surface area contributed by atoms with E-state index in [9.17, 15) is 0 Å². The van der Waals surface area contributed by atoms with Crippen LogP contribution in [0.3, 0.4) is 0 Å². The van der Waals surface area contributed by atoms with E-state index in [0.29, 0.717) is 0 Å². The molecule has 6 aromatic carbocycles. The van der Waals surface area contributed by atoms with E-state index in [1.807, 2.05) is 17.5 Å². The van der Waals surface area contributed by atoms with Crippen LogP contribution in [0.1, 0.15) is 0 Å². The fraction of sp³-hybridized carbons (Fsp3) is 0. The number of thiophene rings is 1. The number of hydrogen-bond acceptors (Lipinski definition) is 2. The van der Waals surface area contributed by atoms with Crippen LogP contribution in [0, 0.1) is 0 Å². The quantitative estimate of drug-likeness (QED) is 0.199. The Labute approximate surface area is 246 Å². The van der Waals surface area contributed by atoms with Gasteiger partial charge in [0.05, 0.1) is 17.4 Å². The molecule has 3 heterocycles. The second-order valence-corrected chi connectivity index (χ2v) is 11.9. The van der Waals surface area contributed by atoms with Gasteiger partial charge in [-0.1, -0.05) is 115 Å². The highest BCUT2D eigenvalue weighted by atomic mass is 32.1. The summed E-state index contributed by atoms with van der Waals surface area (Å²) in [6.07, 6.45) is 2.02. The van der Waals surface area contributed by atoms with E-state index in [1.54, 1.807) is 0 Å². The molecule has 0 N–H and O–H groups in total. The summed E-state index contributed by atoms with van der Waals surface area (Å²) in [5.41, 5.74) is 9.33. The standard InChI is InChI=1S/C39H24N2S/c1-2-17-34-30(14-1)31-15-3-5-20-35(31)41-36(24-40-39(34)41)28-13-8-11-26(23-28)25-10-7-12-27(22-25)29-18-9-19-33-32-16-4-6-21-37(32)42-38(29)33/h1-24H. The van der Waals surface area contributed by atoms with E-state index >= 15 is 0 Å². The van der Waals surface area contributed by atoms with Crippen LogP contribution in [-0.4, -0.2) is 9.38 Å². The highest BCUT2D eigenvalue weighted by molar-refractivity contribution is 7.26. The number of aromatic nitrogens is 2. The van der Waals surface area contributed by atoms with Crippen LogP contribution < -0.4 is 0 Å². The lowest BCUT2D eigenvalue weighted by Crippen LogP contribution is -1.94. The molecule has 0 unspecified atom stereocenters. The van der Waals surface area contributed by atoms with Crippen LogP contribution in [0.15, 0.2) is 146 Å². The molecule has 0 aliphatic heterocycles. The lowest BCUT2D eigenvalue weighted by atomic mass is 9.96. The number of para-hydroxylation sites is 1. The highest BCUT2D eigenvalue weighted by Crippen LogP contribution is 2.41. The Bertz CT molecular complexity index is 2480. The van der Waals surface area contributed by atoms with Gasteiger partial charge in [-0.25, -0.2) is 4.98 Å². The maximum absolute atomic E-state index is 4.94. The van der Waals surface area contributed by atoms with Crippen LogP contribution in [0.4, 0.5) is 0 Å². The molecule has 0 saturated carbocycles. The zero-order valence-corrected chi connectivity index (χ0v) is 23.5. The van der Waals surface area contributed by atoms with Crippen molar-refractivity contribution in [3.05, 3.63) is 146 Å². The van der Waals surface area contributed by atoms with E-state index in [-0.39, 0.29) is 0 Å². The fourth-order valence-electron chi connectivity index (χ4n) is 6.50. The molecule has 0 atom stereocenters.